The number of amides is 2. The number of aliphatic hydroxyl groups is 1. The maximum Gasteiger partial charge on any atom is 0.411 e. The monoisotopic (exact) mass is 1010 g/mol. The number of pyridine rings is 2. The summed E-state index contributed by atoms with van der Waals surface area (Å²) in [5.41, 5.74) is 3.23. The molecule has 11 nitrogen and oxygen atoms in total. The lowest BCUT2D eigenvalue weighted by molar-refractivity contribution is 0.168. The highest BCUT2D eigenvalue weighted by molar-refractivity contribution is 14.1. The maximum absolute atomic E-state index is 11.9. The zero-order valence-electron chi connectivity index (χ0n) is 34.8. The molecule has 0 aliphatic carbocycles. The lowest BCUT2D eigenvalue weighted by atomic mass is 10.2. The third-order valence-corrected chi connectivity index (χ3v) is 17.1. The molecule has 1 aliphatic rings. The highest BCUT2D eigenvalue weighted by Crippen LogP contribution is 2.37. The molecule has 17 heteroatoms. The number of aromatic nitrogens is 2. The summed E-state index contributed by atoms with van der Waals surface area (Å²) in [4.78, 5) is 31.9. The van der Waals surface area contributed by atoms with Crippen molar-refractivity contribution >= 4 is 97.6 Å². The van der Waals surface area contributed by atoms with Crippen LogP contribution in [-0.4, -0.2) is 77.9 Å². The zero-order valence-corrected chi connectivity index (χ0v) is 41.2. The van der Waals surface area contributed by atoms with E-state index in [1.807, 2.05) is 60.7 Å². The SMILES string of the molecule is C1CCOC1.CC(C)(C)[Si](C)(C)OCc1ccc(NC(=O)OCCSSc2ccccn2)cc1.CCI.O=C(Nc1ccc(CO)cc1)OCCSSc1ccccn1. The van der Waals surface area contributed by atoms with Crippen molar-refractivity contribution in [1.82, 2.24) is 9.97 Å². The quantitative estimate of drug-likeness (QED) is 0.0323. The van der Waals surface area contributed by atoms with Gasteiger partial charge in [-0.05, 0) is 117 Å². The summed E-state index contributed by atoms with van der Waals surface area (Å²) in [5, 5.41) is 16.4. The summed E-state index contributed by atoms with van der Waals surface area (Å²) in [6, 6.07) is 26.1. The summed E-state index contributed by atoms with van der Waals surface area (Å²) in [6.45, 7) is 16.5. The molecule has 1 aliphatic heterocycles. The fourth-order valence-corrected chi connectivity index (χ4v) is 8.38. The molecule has 2 amide bonds. The van der Waals surface area contributed by atoms with Crippen LogP contribution in [0.1, 0.15) is 51.7 Å². The number of carbonyl (C=O) groups is 2. The molecule has 4 aromatic rings. The standard InChI is InChI=1S/C21H30N2O3S2Si.C15H16N2O3S2.C4H8O.C2H5I/c1-21(2,3)29(4,5)26-16-17-9-11-18(12-10-17)23-20(24)25-14-15-27-28-19-8-6-7-13-22-19;18-11-12-4-6-13(7-5-12)17-15(19)20-9-10-21-22-14-3-1-2-8-16-14;1-2-4-5-3-1;1-2-3/h6-13H,14-16H2,1-5H3,(H,23,24);1-8,18H,9-11H2,(H,17,19);1-4H2;2H2,1H3. The average molecular weight is 1020 g/mol. The maximum atomic E-state index is 11.9. The Kier molecular flexibility index (Phi) is 28.0. The minimum atomic E-state index is -1.77. The normalized spacial score (nSPS) is 12.0. The number of nitrogens with one attached hydrogen (secondary N) is 2. The lowest BCUT2D eigenvalue weighted by Gasteiger charge is -2.36. The molecule has 3 N–H and O–H groups in total. The van der Waals surface area contributed by atoms with Gasteiger partial charge in [0.05, 0.1) is 13.2 Å². The molecule has 0 saturated carbocycles. The molecule has 0 unspecified atom stereocenters. The number of hydrogen-bond donors (Lipinski definition) is 3. The van der Waals surface area contributed by atoms with E-state index in [9.17, 15) is 9.59 Å². The van der Waals surface area contributed by atoms with Crippen LogP contribution in [0.4, 0.5) is 21.0 Å². The van der Waals surface area contributed by atoms with Crippen LogP contribution in [0.25, 0.3) is 0 Å². The van der Waals surface area contributed by atoms with Crippen LogP contribution >= 0.6 is 65.8 Å². The first kappa shape index (κ1) is 52.6. The van der Waals surface area contributed by atoms with E-state index in [4.69, 9.17) is 23.7 Å². The minimum Gasteiger partial charge on any atom is -0.448 e. The second kappa shape index (κ2) is 31.4. The van der Waals surface area contributed by atoms with E-state index < -0.39 is 20.5 Å². The number of anilines is 2. The summed E-state index contributed by atoms with van der Waals surface area (Å²) in [6.07, 6.45) is 5.13. The molecule has 5 rings (SSSR count). The molecule has 1 fully saturated rings. The lowest BCUT2D eigenvalue weighted by Crippen LogP contribution is -2.40. The van der Waals surface area contributed by atoms with Gasteiger partial charge in [0.25, 0.3) is 0 Å². The molecular formula is C42H59IN4O7S4Si. The van der Waals surface area contributed by atoms with Gasteiger partial charge in [0, 0.05) is 48.5 Å². The van der Waals surface area contributed by atoms with E-state index >= 15 is 0 Å². The predicted molar refractivity (Wildman–Crippen MR) is 260 cm³/mol. The smallest absolute Gasteiger partial charge is 0.411 e. The number of benzene rings is 2. The van der Waals surface area contributed by atoms with Crippen LogP contribution in [0.2, 0.25) is 18.1 Å². The van der Waals surface area contributed by atoms with Gasteiger partial charge in [0.1, 0.15) is 23.3 Å². The summed E-state index contributed by atoms with van der Waals surface area (Å²) < 4.78 is 22.7. The zero-order chi connectivity index (χ0) is 43.2. The molecule has 324 valence electrons. The van der Waals surface area contributed by atoms with Crippen molar-refractivity contribution in [2.24, 2.45) is 0 Å². The predicted octanol–water partition coefficient (Wildman–Crippen LogP) is 12.4. The minimum absolute atomic E-state index is 0.0180. The number of hydrogen-bond acceptors (Lipinski definition) is 13. The van der Waals surface area contributed by atoms with Crippen LogP contribution in [0.5, 0.6) is 0 Å². The first-order valence-corrected chi connectivity index (χ1v) is 28.3. The largest absolute Gasteiger partial charge is 0.448 e. The van der Waals surface area contributed by atoms with Gasteiger partial charge in [0.2, 0.25) is 0 Å². The van der Waals surface area contributed by atoms with Crippen molar-refractivity contribution < 1.29 is 33.3 Å². The number of aliphatic hydroxyl groups excluding tert-OH is 1. The summed E-state index contributed by atoms with van der Waals surface area (Å²) >= 11 is 2.29. The Labute approximate surface area is 381 Å². The van der Waals surface area contributed by atoms with E-state index in [-0.39, 0.29) is 11.6 Å². The molecule has 0 bridgehead atoms. The van der Waals surface area contributed by atoms with Gasteiger partial charge < -0.3 is 23.7 Å². The van der Waals surface area contributed by atoms with Crippen LogP contribution in [0.15, 0.2) is 107 Å². The summed E-state index contributed by atoms with van der Waals surface area (Å²) in [7, 11) is 4.54. The molecule has 59 heavy (non-hydrogen) atoms. The average Bonchev–Trinajstić information content (AvgIpc) is 3.83. The second-order valence-corrected chi connectivity index (χ2v) is 25.1. The molecule has 0 spiro atoms. The molecule has 3 heterocycles. The third kappa shape index (κ3) is 25.1. The number of nitrogens with zero attached hydrogens (tertiary/aromatic N) is 2. The second-order valence-electron chi connectivity index (χ2n) is 13.9. The number of halogens is 1. The van der Waals surface area contributed by atoms with E-state index in [1.54, 1.807) is 79.8 Å². The van der Waals surface area contributed by atoms with Crippen molar-refractivity contribution in [3.05, 3.63) is 108 Å². The van der Waals surface area contributed by atoms with E-state index in [2.05, 4.69) is 84.0 Å². The first-order chi connectivity index (χ1) is 28.4. The number of alkyl halides is 1. The van der Waals surface area contributed by atoms with Crippen molar-refractivity contribution in [2.75, 3.05) is 53.0 Å². The molecule has 2 aromatic heterocycles. The van der Waals surface area contributed by atoms with Gasteiger partial charge >= 0.3 is 12.2 Å². The number of carbonyl (C=O) groups excluding carboxylic acids is 2. The fraction of sp³-hybridized carbons (Fsp3) is 0.429. The summed E-state index contributed by atoms with van der Waals surface area (Å²) in [5.74, 6) is 1.37. The Balaban J connectivity index is 0.000000350. The topological polar surface area (TPSA) is 141 Å². The molecule has 2 aromatic carbocycles. The van der Waals surface area contributed by atoms with E-state index in [0.29, 0.717) is 42.7 Å². The van der Waals surface area contributed by atoms with E-state index in [0.717, 1.165) is 34.4 Å². The van der Waals surface area contributed by atoms with Gasteiger partial charge in [-0.1, -0.05) is 108 Å². The molecular weight excluding hydrogens is 956 g/mol. The van der Waals surface area contributed by atoms with E-state index in [1.165, 1.54) is 17.3 Å². The Morgan fingerprint density at radius 2 is 1.20 bits per heavy atom. The van der Waals surface area contributed by atoms with Crippen molar-refractivity contribution in [3.8, 4) is 0 Å². The highest BCUT2D eigenvalue weighted by Gasteiger charge is 2.37. The molecule has 0 atom stereocenters. The Morgan fingerprint density at radius 1 is 0.763 bits per heavy atom. The van der Waals surface area contributed by atoms with Crippen molar-refractivity contribution in [1.29, 1.82) is 0 Å². The van der Waals surface area contributed by atoms with Crippen LogP contribution in [-0.2, 0) is 31.9 Å². The number of rotatable bonds is 16. The van der Waals surface area contributed by atoms with Gasteiger partial charge in [-0.2, -0.15) is 0 Å². The Morgan fingerprint density at radius 3 is 1.56 bits per heavy atom. The molecule has 0 radical (unpaired) electrons. The van der Waals surface area contributed by atoms with Crippen molar-refractivity contribution in [2.45, 2.75) is 81.9 Å². The first-order valence-electron chi connectivity index (χ1n) is 19.2. The van der Waals surface area contributed by atoms with Crippen LogP contribution in [0, 0.1) is 0 Å². The van der Waals surface area contributed by atoms with Gasteiger partial charge in [-0.25, -0.2) is 19.6 Å². The van der Waals surface area contributed by atoms with Crippen molar-refractivity contribution in [3.63, 3.8) is 0 Å². The Hall–Kier alpha value is -2.49. The van der Waals surface area contributed by atoms with Gasteiger partial charge in [-0.15, -0.1) is 0 Å². The third-order valence-electron chi connectivity index (χ3n) is 8.18. The van der Waals surface area contributed by atoms with Gasteiger partial charge in [-0.3, -0.25) is 10.6 Å². The van der Waals surface area contributed by atoms with Crippen LogP contribution < -0.4 is 10.6 Å². The fourth-order valence-electron chi connectivity index (χ4n) is 4.01. The van der Waals surface area contributed by atoms with Crippen LogP contribution in [0.3, 0.4) is 0 Å². The number of ether oxygens (including phenoxy) is 3. The Bertz CT molecular complexity index is 1690. The van der Waals surface area contributed by atoms with Gasteiger partial charge in [0.15, 0.2) is 8.32 Å². The molecule has 1 saturated heterocycles. The highest BCUT2D eigenvalue weighted by atomic mass is 127.